The Kier molecular flexibility index (Phi) is 7.12. The van der Waals surface area contributed by atoms with Crippen molar-refractivity contribution in [3.05, 3.63) is 199 Å². The Morgan fingerprint density at radius 1 is 0.333 bits per heavy atom. The van der Waals surface area contributed by atoms with Gasteiger partial charge in [0.15, 0.2) is 0 Å². The fraction of sp³-hybridized carbons (Fsp3) is 0.0357. The van der Waals surface area contributed by atoms with Crippen molar-refractivity contribution in [2.24, 2.45) is 0 Å². The molecule has 0 radical (unpaired) electrons. The zero-order valence-electron chi connectivity index (χ0n) is 31.3. The second kappa shape index (κ2) is 12.7. The van der Waals surface area contributed by atoms with Gasteiger partial charge in [0.05, 0.1) is 0 Å². The first-order chi connectivity index (χ1) is 28.2. The molecule has 0 N–H and O–H groups in total. The predicted octanol–water partition coefficient (Wildman–Crippen LogP) is 15.8. The van der Waals surface area contributed by atoms with E-state index >= 15 is 0 Å². The van der Waals surface area contributed by atoms with Gasteiger partial charge in [0.1, 0.15) is 11.2 Å². The van der Waals surface area contributed by atoms with Crippen LogP contribution in [0.15, 0.2) is 192 Å². The molecule has 1 aliphatic rings. The van der Waals surface area contributed by atoms with Gasteiger partial charge < -0.3 is 4.42 Å². The van der Waals surface area contributed by atoms with Gasteiger partial charge in [0, 0.05) is 10.8 Å². The van der Waals surface area contributed by atoms with Crippen LogP contribution in [0.25, 0.3) is 116 Å². The number of fused-ring (bicyclic) bond motifs is 8. The second-order valence-electron chi connectivity index (χ2n) is 15.6. The molecule has 266 valence electrons. The molecule has 0 fully saturated rings. The van der Waals surface area contributed by atoms with Crippen LogP contribution < -0.4 is 0 Å². The lowest BCUT2D eigenvalue weighted by Crippen LogP contribution is -1.93. The molecule has 0 aliphatic heterocycles. The van der Waals surface area contributed by atoms with Crippen LogP contribution in [-0.4, -0.2) is 0 Å². The lowest BCUT2D eigenvalue weighted by atomic mass is 9.84. The first kappa shape index (κ1) is 32.1. The number of rotatable bonds is 4. The summed E-state index contributed by atoms with van der Waals surface area (Å²) in [6.07, 6.45) is 6.68. The molecule has 57 heavy (non-hydrogen) atoms. The molecule has 10 aromatic carbocycles. The Morgan fingerprint density at radius 3 is 1.63 bits per heavy atom. The summed E-state index contributed by atoms with van der Waals surface area (Å²) in [5.74, 6) is 0. The molecule has 0 saturated carbocycles. The van der Waals surface area contributed by atoms with Crippen LogP contribution in [0.1, 0.15) is 17.5 Å². The maximum atomic E-state index is 6.50. The van der Waals surface area contributed by atoms with Crippen molar-refractivity contribution in [3.63, 3.8) is 0 Å². The van der Waals surface area contributed by atoms with E-state index in [0.717, 1.165) is 29.4 Å². The number of hydrogen-bond acceptors (Lipinski definition) is 1. The first-order valence-corrected chi connectivity index (χ1v) is 20.0. The third-order valence-corrected chi connectivity index (χ3v) is 12.2. The molecule has 12 rings (SSSR count). The highest BCUT2D eigenvalue weighted by Crippen LogP contribution is 2.47. The Morgan fingerprint density at radius 2 is 0.877 bits per heavy atom. The normalized spacial score (nSPS) is 12.7. The number of aryl methyl sites for hydroxylation is 1. The van der Waals surface area contributed by atoms with E-state index in [1.54, 1.807) is 0 Å². The van der Waals surface area contributed by atoms with Crippen molar-refractivity contribution in [1.29, 1.82) is 0 Å². The predicted molar refractivity (Wildman–Crippen MR) is 243 cm³/mol. The maximum absolute atomic E-state index is 6.50. The van der Waals surface area contributed by atoms with Crippen molar-refractivity contribution in [1.82, 2.24) is 0 Å². The summed E-state index contributed by atoms with van der Waals surface area (Å²) < 4.78 is 6.50. The first-order valence-electron chi connectivity index (χ1n) is 20.0. The molecule has 1 nitrogen and oxygen atoms in total. The molecule has 0 atom stereocenters. The van der Waals surface area contributed by atoms with Crippen molar-refractivity contribution >= 4 is 71.1 Å². The fourth-order valence-corrected chi connectivity index (χ4v) is 9.43. The van der Waals surface area contributed by atoms with Gasteiger partial charge in [-0.1, -0.05) is 146 Å². The zero-order valence-corrected chi connectivity index (χ0v) is 31.3. The maximum Gasteiger partial charge on any atom is 0.135 e. The van der Waals surface area contributed by atoms with E-state index in [1.165, 1.54) is 104 Å². The minimum atomic E-state index is 0.925. The second-order valence-corrected chi connectivity index (χ2v) is 15.6. The summed E-state index contributed by atoms with van der Waals surface area (Å²) >= 11 is 0. The Balaban J connectivity index is 1.12. The summed E-state index contributed by atoms with van der Waals surface area (Å²) in [5.41, 5.74) is 14.3. The van der Waals surface area contributed by atoms with Gasteiger partial charge >= 0.3 is 0 Å². The van der Waals surface area contributed by atoms with Crippen molar-refractivity contribution < 1.29 is 4.42 Å². The molecule has 1 aromatic heterocycles. The van der Waals surface area contributed by atoms with Gasteiger partial charge in [0.2, 0.25) is 0 Å². The lowest BCUT2D eigenvalue weighted by Gasteiger charge is -2.19. The van der Waals surface area contributed by atoms with Crippen LogP contribution in [0.4, 0.5) is 0 Å². The molecule has 11 aromatic rings. The highest BCUT2D eigenvalue weighted by molar-refractivity contribution is 6.23. The van der Waals surface area contributed by atoms with Gasteiger partial charge in [-0.2, -0.15) is 0 Å². The quantitative estimate of drug-likeness (QED) is 0.165. The van der Waals surface area contributed by atoms with E-state index < -0.39 is 0 Å². The van der Waals surface area contributed by atoms with Crippen LogP contribution in [0, 0.1) is 0 Å². The lowest BCUT2D eigenvalue weighted by molar-refractivity contribution is 0.668. The van der Waals surface area contributed by atoms with E-state index in [0.29, 0.717) is 0 Å². The molecular weight excluding hydrogens is 689 g/mol. The van der Waals surface area contributed by atoms with Gasteiger partial charge in [0.25, 0.3) is 0 Å². The van der Waals surface area contributed by atoms with E-state index in [2.05, 4.69) is 194 Å². The largest absolute Gasteiger partial charge is 0.456 e. The minimum Gasteiger partial charge on any atom is -0.456 e. The average molecular weight is 725 g/mol. The third-order valence-electron chi connectivity index (χ3n) is 12.2. The highest BCUT2D eigenvalue weighted by atomic mass is 16.3. The standard InChI is InChI=1S/C56H36O/c1-3-12-37-28-42(22-20-35(37)10-1)39-16-9-17-45(30-39)56-48-19-8-7-18-47(48)55(49-26-24-44(32-52(49)56)43-23-21-36-11-2-4-13-38(36)29-43)46-25-27-53-50(33-46)51-31-40-14-5-6-15-41(40)34-54(51)57-53/h1-5,7-14,16-34H,6,15H2. The van der Waals surface area contributed by atoms with Crippen LogP contribution >= 0.6 is 0 Å². The monoisotopic (exact) mass is 724 g/mol. The van der Waals surface area contributed by atoms with Gasteiger partial charge in [-0.25, -0.2) is 0 Å². The van der Waals surface area contributed by atoms with E-state index in [-0.39, 0.29) is 0 Å². The number of hydrogen-bond donors (Lipinski definition) is 0. The highest BCUT2D eigenvalue weighted by Gasteiger charge is 2.20. The molecule has 0 saturated heterocycles. The van der Waals surface area contributed by atoms with Gasteiger partial charge in [-0.15, -0.1) is 0 Å². The summed E-state index contributed by atoms with van der Waals surface area (Å²) in [6.45, 7) is 0. The van der Waals surface area contributed by atoms with Gasteiger partial charge in [-0.05, 0) is 160 Å². The van der Waals surface area contributed by atoms with Crippen molar-refractivity contribution in [2.75, 3.05) is 0 Å². The molecule has 0 spiro atoms. The van der Waals surface area contributed by atoms with Crippen molar-refractivity contribution in [2.45, 2.75) is 12.8 Å². The Hall–Kier alpha value is -7.22. The molecular formula is C56H36O. The molecule has 1 heteroatoms. The molecule has 0 unspecified atom stereocenters. The fourth-order valence-electron chi connectivity index (χ4n) is 9.43. The topological polar surface area (TPSA) is 13.1 Å². The third kappa shape index (κ3) is 5.24. The molecule has 1 heterocycles. The number of furan rings is 1. The van der Waals surface area contributed by atoms with Gasteiger partial charge in [-0.3, -0.25) is 0 Å². The van der Waals surface area contributed by atoms with E-state index in [4.69, 9.17) is 4.42 Å². The van der Waals surface area contributed by atoms with E-state index in [1.807, 2.05) is 0 Å². The molecule has 0 amide bonds. The van der Waals surface area contributed by atoms with Crippen LogP contribution in [0.5, 0.6) is 0 Å². The summed E-state index contributed by atoms with van der Waals surface area (Å²) in [5, 5.41) is 12.3. The summed E-state index contributed by atoms with van der Waals surface area (Å²) in [7, 11) is 0. The van der Waals surface area contributed by atoms with Crippen LogP contribution in [0.3, 0.4) is 0 Å². The molecule has 0 bridgehead atoms. The summed E-state index contributed by atoms with van der Waals surface area (Å²) in [4.78, 5) is 0. The zero-order chi connectivity index (χ0) is 37.5. The smallest absolute Gasteiger partial charge is 0.135 e. The number of benzene rings is 10. The van der Waals surface area contributed by atoms with Crippen molar-refractivity contribution in [3.8, 4) is 44.5 Å². The average Bonchev–Trinajstić information content (AvgIpc) is 3.63. The minimum absolute atomic E-state index is 0.925. The Bertz CT molecular complexity index is 3470. The van der Waals surface area contributed by atoms with Crippen LogP contribution in [0.2, 0.25) is 0 Å². The van der Waals surface area contributed by atoms with E-state index in [9.17, 15) is 0 Å². The SMILES string of the molecule is C1=Cc2cc3c(cc2CC1)oc1ccc(-c2c4ccccc4c(-c4cccc(-c5ccc6ccccc6c5)c4)c4cc(-c5ccc6ccccc6c5)ccc24)cc13. The number of allylic oxidation sites excluding steroid dienone is 1. The van der Waals surface area contributed by atoms with Crippen LogP contribution in [-0.2, 0) is 6.42 Å². The summed E-state index contributed by atoms with van der Waals surface area (Å²) in [6, 6.07) is 67.4. The Labute approximate surface area is 330 Å². The molecule has 1 aliphatic carbocycles.